The highest BCUT2D eigenvalue weighted by Crippen LogP contribution is 2.29. The Kier molecular flexibility index (Phi) is 4.42. The molecule has 0 saturated carbocycles. The Balaban J connectivity index is 2.35. The zero-order chi connectivity index (χ0) is 14.8. The maximum atomic E-state index is 9.40. The first-order chi connectivity index (χ1) is 9.50. The Hall–Kier alpha value is -1.44. The van der Waals surface area contributed by atoms with Gasteiger partial charge in [-0.2, -0.15) is 0 Å². The van der Waals surface area contributed by atoms with E-state index >= 15 is 0 Å². The number of nitrogens with zero attached hydrogens (tertiary/aromatic N) is 3. The summed E-state index contributed by atoms with van der Waals surface area (Å²) in [5.74, 6) is 7.00. The van der Waals surface area contributed by atoms with E-state index in [0.717, 1.165) is 17.8 Å². The minimum Gasteiger partial charge on any atom is -0.394 e. The molecule has 7 heteroatoms. The van der Waals surface area contributed by atoms with Gasteiger partial charge in [-0.1, -0.05) is 6.92 Å². The SMILES string of the molecule is CCc1c(NN)ncnc1N1CC(CO)OC(C)(C)C1. The minimum absolute atomic E-state index is 0.00549. The lowest BCUT2D eigenvalue weighted by Gasteiger charge is -2.43. The molecule has 1 saturated heterocycles. The van der Waals surface area contributed by atoms with E-state index in [1.165, 1.54) is 6.33 Å². The largest absolute Gasteiger partial charge is 0.394 e. The predicted molar refractivity (Wildman–Crippen MR) is 77.5 cm³/mol. The first-order valence-electron chi connectivity index (χ1n) is 6.85. The summed E-state index contributed by atoms with van der Waals surface area (Å²) in [6.07, 6.45) is 2.06. The summed E-state index contributed by atoms with van der Waals surface area (Å²) in [4.78, 5) is 10.7. The van der Waals surface area contributed by atoms with Crippen molar-refractivity contribution in [3.8, 4) is 0 Å². The monoisotopic (exact) mass is 281 g/mol. The van der Waals surface area contributed by atoms with Crippen molar-refractivity contribution in [2.75, 3.05) is 30.0 Å². The second-order valence-corrected chi connectivity index (χ2v) is 5.58. The van der Waals surface area contributed by atoms with Gasteiger partial charge in [-0.25, -0.2) is 15.8 Å². The van der Waals surface area contributed by atoms with Gasteiger partial charge in [-0.3, -0.25) is 0 Å². The molecule has 0 aromatic carbocycles. The third kappa shape index (κ3) is 3.00. The fourth-order valence-electron chi connectivity index (χ4n) is 2.68. The lowest BCUT2D eigenvalue weighted by molar-refractivity contribution is -0.101. The first kappa shape index (κ1) is 15.0. The van der Waals surface area contributed by atoms with Gasteiger partial charge in [0.1, 0.15) is 18.0 Å². The summed E-state index contributed by atoms with van der Waals surface area (Å²) in [5.41, 5.74) is 3.25. The van der Waals surface area contributed by atoms with Crippen LogP contribution in [0.1, 0.15) is 26.3 Å². The van der Waals surface area contributed by atoms with Crippen molar-refractivity contribution in [2.24, 2.45) is 5.84 Å². The molecular weight excluding hydrogens is 258 g/mol. The first-order valence-corrected chi connectivity index (χ1v) is 6.85. The highest BCUT2D eigenvalue weighted by atomic mass is 16.5. The number of nitrogens with two attached hydrogens (primary N) is 1. The standard InChI is InChI=1S/C13H23N5O2/c1-4-10-11(17-14)15-8-16-12(10)18-5-9(6-19)20-13(2,3)7-18/h8-9,19H,4-7,14H2,1-3H3,(H,15,16,17). The number of hydrogen-bond donors (Lipinski definition) is 3. The molecule has 1 fully saturated rings. The molecule has 0 aliphatic carbocycles. The van der Waals surface area contributed by atoms with E-state index in [1.54, 1.807) is 0 Å². The van der Waals surface area contributed by atoms with Crippen molar-refractivity contribution < 1.29 is 9.84 Å². The molecule has 1 aromatic rings. The molecule has 0 radical (unpaired) electrons. The second-order valence-electron chi connectivity index (χ2n) is 5.58. The van der Waals surface area contributed by atoms with Gasteiger partial charge in [0.2, 0.25) is 0 Å². The zero-order valence-electron chi connectivity index (χ0n) is 12.3. The Bertz CT molecular complexity index is 466. The van der Waals surface area contributed by atoms with Crippen molar-refractivity contribution in [1.29, 1.82) is 0 Å². The molecule has 0 amide bonds. The molecule has 1 aliphatic rings. The van der Waals surface area contributed by atoms with E-state index in [2.05, 4.69) is 20.3 Å². The highest BCUT2D eigenvalue weighted by molar-refractivity contribution is 5.58. The lowest BCUT2D eigenvalue weighted by atomic mass is 10.0. The van der Waals surface area contributed by atoms with Crippen LogP contribution in [-0.2, 0) is 11.2 Å². The van der Waals surface area contributed by atoms with Crippen LogP contribution in [0.5, 0.6) is 0 Å². The van der Waals surface area contributed by atoms with Crippen LogP contribution in [0.15, 0.2) is 6.33 Å². The summed E-state index contributed by atoms with van der Waals surface area (Å²) in [7, 11) is 0. The summed E-state index contributed by atoms with van der Waals surface area (Å²) in [5, 5.41) is 9.40. The maximum absolute atomic E-state index is 9.40. The maximum Gasteiger partial charge on any atom is 0.148 e. The molecule has 7 nitrogen and oxygen atoms in total. The molecule has 1 unspecified atom stereocenters. The number of anilines is 2. The van der Waals surface area contributed by atoms with Gasteiger partial charge < -0.3 is 20.2 Å². The van der Waals surface area contributed by atoms with Gasteiger partial charge in [0.05, 0.1) is 18.3 Å². The Morgan fingerprint density at radius 1 is 1.55 bits per heavy atom. The van der Waals surface area contributed by atoms with E-state index in [0.29, 0.717) is 18.9 Å². The molecule has 0 spiro atoms. The van der Waals surface area contributed by atoms with E-state index in [-0.39, 0.29) is 18.3 Å². The molecule has 2 heterocycles. The van der Waals surface area contributed by atoms with Crippen molar-refractivity contribution >= 4 is 11.6 Å². The Morgan fingerprint density at radius 2 is 2.30 bits per heavy atom. The number of aliphatic hydroxyl groups is 1. The number of hydrogen-bond acceptors (Lipinski definition) is 7. The molecule has 2 rings (SSSR count). The van der Waals surface area contributed by atoms with E-state index in [9.17, 15) is 5.11 Å². The average molecular weight is 281 g/mol. The van der Waals surface area contributed by atoms with Crippen LogP contribution >= 0.6 is 0 Å². The van der Waals surface area contributed by atoms with E-state index in [4.69, 9.17) is 10.6 Å². The van der Waals surface area contributed by atoms with Crippen molar-refractivity contribution in [3.63, 3.8) is 0 Å². The van der Waals surface area contributed by atoms with Gasteiger partial charge in [0, 0.05) is 18.7 Å². The highest BCUT2D eigenvalue weighted by Gasteiger charge is 2.34. The topological polar surface area (TPSA) is 96.5 Å². The number of aliphatic hydroxyl groups excluding tert-OH is 1. The van der Waals surface area contributed by atoms with Crippen molar-refractivity contribution in [2.45, 2.75) is 38.9 Å². The summed E-state index contributed by atoms with van der Waals surface area (Å²) in [6.45, 7) is 7.37. The summed E-state index contributed by atoms with van der Waals surface area (Å²) in [6, 6.07) is 0. The van der Waals surface area contributed by atoms with Gasteiger partial charge in [0.15, 0.2) is 0 Å². The zero-order valence-corrected chi connectivity index (χ0v) is 12.3. The van der Waals surface area contributed by atoms with Crippen molar-refractivity contribution in [3.05, 3.63) is 11.9 Å². The number of rotatable bonds is 4. The lowest BCUT2D eigenvalue weighted by Crippen LogP contribution is -2.54. The molecule has 1 atom stereocenters. The number of morpholine rings is 1. The molecule has 1 aromatic heterocycles. The molecule has 0 bridgehead atoms. The smallest absolute Gasteiger partial charge is 0.148 e. The third-order valence-corrected chi connectivity index (χ3v) is 3.40. The van der Waals surface area contributed by atoms with Gasteiger partial charge in [-0.05, 0) is 20.3 Å². The van der Waals surface area contributed by atoms with E-state index < -0.39 is 0 Å². The van der Waals surface area contributed by atoms with Crippen LogP contribution in [0.25, 0.3) is 0 Å². The molecule has 112 valence electrons. The van der Waals surface area contributed by atoms with Crippen LogP contribution in [0, 0.1) is 0 Å². The fraction of sp³-hybridized carbons (Fsp3) is 0.692. The normalized spacial score (nSPS) is 21.9. The Morgan fingerprint density at radius 3 is 2.90 bits per heavy atom. The predicted octanol–water partition coefficient (Wildman–Crippen LogP) is 0.301. The number of ether oxygens (including phenoxy) is 1. The number of aromatic nitrogens is 2. The van der Waals surface area contributed by atoms with Crippen LogP contribution in [0.2, 0.25) is 0 Å². The summed E-state index contributed by atoms with van der Waals surface area (Å²) >= 11 is 0. The number of hydrazine groups is 1. The molecule has 20 heavy (non-hydrogen) atoms. The van der Waals surface area contributed by atoms with Crippen LogP contribution in [0.4, 0.5) is 11.6 Å². The Labute approximate surface area is 119 Å². The second kappa shape index (κ2) is 5.90. The van der Waals surface area contributed by atoms with Crippen LogP contribution in [0.3, 0.4) is 0 Å². The van der Waals surface area contributed by atoms with Crippen LogP contribution in [-0.4, -0.2) is 46.5 Å². The molecular formula is C13H23N5O2. The molecule has 4 N–H and O–H groups in total. The minimum atomic E-state index is -0.335. The van der Waals surface area contributed by atoms with Gasteiger partial charge in [0.25, 0.3) is 0 Å². The summed E-state index contributed by atoms with van der Waals surface area (Å²) < 4.78 is 5.83. The van der Waals surface area contributed by atoms with Crippen LogP contribution < -0.4 is 16.2 Å². The van der Waals surface area contributed by atoms with Crippen molar-refractivity contribution in [1.82, 2.24) is 9.97 Å². The van der Waals surface area contributed by atoms with E-state index in [1.807, 2.05) is 20.8 Å². The fourth-order valence-corrected chi connectivity index (χ4v) is 2.68. The quantitative estimate of drug-likeness (QED) is 0.539. The molecule has 1 aliphatic heterocycles. The number of nitrogen functional groups attached to an aromatic ring is 1. The van der Waals surface area contributed by atoms with Gasteiger partial charge in [-0.15, -0.1) is 0 Å². The number of nitrogens with one attached hydrogen (secondary N) is 1. The average Bonchev–Trinajstić information content (AvgIpc) is 2.44. The van der Waals surface area contributed by atoms with Gasteiger partial charge >= 0.3 is 0 Å². The third-order valence-electron chi connectivity index (χ3n) is 3.40.